The van der Waals surface area contributed by atoms with Crippen LogP contribution < -0.4 is 5.43 Å². The van der Waals surface area contributed by atoms with Gasteiger partial charge in [-0.05, 0) is 39.7 Å². The van der Waals surface area contributed by atoms with Crippen LogP contribution in [-0.4, -0.2) is 17.2 Å². The van der Waals surface area contributed by atoms with Gasteiger partial charge in [-0.25, -0.2) is 5.43 Å². The lowest BCUT2D eigenvalue weighted by molar-refractivity contribution is 0.0952. The average molecular weight is 345 g/mol. The van der Waals surface area contributed by atoms with E-state index in [2.05, 4.69) is 26.5 Å². The van der Waals surface area contributed by atoms with Gasteiger partial charge in [0.15, 0.2) is 0 Å². The van der Waals surface area contributed by atoms with Crippen molar-refractivity contribution >= 4 is 34.1 Å². The van der Waals surface area contributed by atoms with E-state index in [1.165, 1.54) is 18.3 Å². The Kier molecular flexibility index (Phi) is 5.29. The van der Waals surface area contributed by atoms with Crippen LogP contribution in [0.25, 0.3) is 6.08 Å². The van der Waals surface area contributed by atoms with Crippen LogP contribution in [0.3, 0.4) is 0 Å². The third-order valence-corrected chi connectivity index (χ3v) is 3.04. The molecule has 106 valence electrons. The van der Waals surface area contributed by atoms with Crippen LogP contribution in [0.4, 0.5) is 0 Å². The minimum absolute atomic E-state index is 0.0795. The number of carbonyl (C=O) groups is 1. The van der Waals surface area contributed by atoms with Crippen LogP contribution in [0.1, 0.15) is 15.9 Å². The molecular formula is C16H13BrN2O2. The maximum absolute atomic E-state index is 11.8. The maximum Gasteiger partial charge on any atom is 0.275 e. The highest BCUT2D eigenvalue weighted by Crippen LogP contribution is 2.15. The van der Waals surface area contributed by atoms with Crippen LogP contribution in [0.15, 0.2) is 64.2 Å². The van der Waals surface area contributed by atoms with Gasteiger partial charge in [-0.2, -0.15) is 5.10 Å². The number of hydrogen-bond acceptors (Lipinski definition) is 3. The van der Waals surface area contributed by atoms with Crippen LogP contribution in [0.2, 0.25) is 0 Å². The number of phenols is 1. The fraction of sp³-hybridized carbons (Fsp3) is 0. The number of hydrazone groups is 1. The predicted molar refractivity (Wildman–Crippen MR) is 87.4 cm³/mol. The lowest BCUT2D eigenvalue weighted by Gasteiger charge is -2.01. The van der Waals surface area contributed by atoms with E-state index in [9.17, 15) is 9.90 Å². The molecule has 5 heteroatoms. The number of phenolic OH excluding ortho intramolecular Hbond substituents is 1. The molecule has 0 saturated heterocycles. The van der Waals surface area contributed by atoms with E-state index in [0.29, 0.717) is 4.48 Å². The molecule has 2 aromatic rings. The van der Waals surface area contributed by atoms with Crippen LogP contribution in [0, 0.1) is 0 Å². The van der Waals surface area contributed by atoms with Crippen molar-refractivity contribution in [1.29, 1.82) is 0 Å². The Morgan fingerprint density at radius 1 is 1.10 bits per heavy atom. The molecule has 0 aliphatic carbocycles. The first kappa shape index (κ1) is 15.0. The third kappa shape index (κ3) is 4.57. The number of rotatable bonds is 4. The molecule has 0 atom stereocenters. The Balaban J connectivity index is 1.98. The molecule has 1 amide bonds. The quantitative estimate of drug-likeness (QED) is 0.658. The second-order valence-electron chi connectivity index (χ2n) is 4.16. The first-order valence-corrected chi connectivity index (χ1v) is 7.00. The summed E-state index contributed by atoms with van der Waals surface area (Å²) >= 11 is 3.35. The van der Waals surface area contributed by atoms with Gasteiger partial charge in [0.2, 0.25) is 0 Å². The highest BCUT2D eigenvalue weighted by molar-refractivity contribution is 9.12. The van der Waals surface area contributed by atoms with Crippen molar-refractivity contribution in [3.8, 4) is 5.75 Å². The minimum atomic E-state index is -0.468. The highest BCUT2D eigenvalue weighted by Gasteiger charge is 2.08. The van der Waals surface area contributed by atoms with Gasteiger partial charge in [-0.1, -0.05) is 42.5 Å². The molecular weight excluding hydrogens is 332 g/mol. The van der Waals surface area contributed by atoms with E-state index < -0.39 is 5.91 Å². The number of nitrogens with zero attached hydrogens (tertiary/aromatic N) is 1. The maximum atomic E-state index is 11.8. The summed E-state index contributed by atoms with van der Waals surface area (Å²) in [5.74, 6) is -0.548. The van der Waals surface area contributed by atoms with Crippen molar-refractivity contribution in [3.63, 3.8) is 0 Å². The van der Waals surface area contributed by atoms with Crippen molar-refractivity contribution in [2.75, 3.05) is 0 Å². The number of amides is 1. The zero-order chi connectivity index (χ0) is 15.1. The summed E-state index contributed by atoms with van der Waals surface area (Å²) in [6, 6.07) is 16.0. The Labute approximate surface area is 130 Å². The molecule has 0 saturated carbocycles. The standard InChI is InChI=1S/C16H13BrN2O2/c17-13(10-12-6-2-1-3-7-12)11-18-19-16(21)14-8-4-5-9-15(14)20/h1-11,20H,(H,19,21). The molecule has 0 aliphatic rings. The average Bonchev–Trinajstić information content (AvgIpc) is 2.48. The van der Waals surface area contributed by atoms with Crippen molar-refractivity contribution in [1.82, 2.24) is 5.43 Å². The molecule has 0 spiro atoms. The van der Waals surface area contributed by atoms with E-state index in [1.54, 1.807) is 12.1 Å². The summed E-state index contributed by atoms with van der Waals surface area (Å²) in [5.41, 5.74) is 3.55. The number of aromatic hydroxyl groups is 1. The fourth-order valence-electron chi connectivity index (χ4n) is 1.62. The molecule has 0 heterocycles. The van der Waals surface area contributed by atoms with E-state index in [0.717, 1.165) is 5.56 Å². The van der Waals surface area contributed by atoms with Crippen molar-refractivity contribution in [3.05, 3.63) is 70.2 Å². The molecule has 0 aromatic heterocycles. The van der Waals surface area contributed by atoms with Crippen molar-refractivity contribution < 1.29 is 9.90 Å². The number of carbonyl (C=O) groups excluding carboxylic acids is 1. The molecule has 0 aliphatic heterocycles. The van der Waals surface area contributed by atoms with Crippen LogP contribution in [-0.2, 0) is 0 Å². The van der Waals surface area contributed by atoms with Crippen molar-refractivity contribution in [2.45, 2.75) is 0 Å². The molecule has 0 unspecified atom stereocenters. The topological polar surface area (TPSA) is 61.7 Å². The first-order chi connectivity index (χ1) is 10.2. The third-order valence-electron chi connectivity index (χ3n) is 2.61. The molecule has 0 fully saturated rings. The number of benzene rings is 2. The van der Waals surface area contributed by atoms with Crippen molar-refractivity contribution in [2.24, 2.45) is 5.10 Å². The molecule has 21 heavy (non-hydrogen) atoms. The number of hydrogen-bond donors (Lipinski definition) is 2. The lowest BCUT2D eigenvalue weighted by atomic mass is 10.2. The summed E-state index contributed by atoms with van der Waals surface area (Å²) in [7, 11) is 0. The largest absolute Gasteiger partial charge is 0.507 e. The summed E-state index contributed by atoms with van der Waals surface area (Å²) < 4.78 is 0.714. The Bertz CT molecular complexity index is 682. The molecule has 0 bridgehead atoms. The fourth-order valence-corrected chi connectivity index (χ4v) is 1.99. The monoisotopic (exact) mass is 344 g/mol. The SMILES string of the molecule is O=C(NN=CC(Br)=Cc1ccccc1)c1ccccc1O. The van der Waals surface area contributed by atoms with Crippen LogP contribution in [0.5, 0.6) is 5.75 Å². The zero-order valence-corrected chi connectivity index (χ0v) is 12.6. The van der Waals surface area contributed by atoms with Gasteiger partial charge in [-0.15, -0.1) is 0 Å². The van der Waals surface area contributed by atoms with Crippen LogP contribution >= 0.6 is 15.9 Å². The first-order valence-electron chi connectivity index (χ1n) is 6.20. The summed E-state index contributed by atoms with van der Waals surface area (Å²) in [5, 5.41) is 13.4. The second kappa shape index (κ2) is 7.40. The summed E-state index contributed by atoms with van der Waals surface area (Å²) in [6.45, 7) is 0. The van der Waals surface area contributed by atoms with E-state index in [1.807, 2.05) is 36.4 Å². The van der Waals surface area contributed by atoms with Gasteiger partial charge >= 0.3 is 0 Å². The Hall–Kier alpha value is -2.40. The van der Waals surface area contributed by atoms with E-state index >= 15 is 0 Å². The van der Waals surface area contributed by atoms with Gasteiger partial charge in [0.25, 0.3) is 5.91 Å². The lowest BCUT2D eigenvalue weighted by Crippen LogP contribution is -2.17. The number of nitrogens with one attached hydrogen (secondary N) is 1. The van der Waals surface area contributed by atoms with E-state index in [-0.39, 0.29) is 11.3 Å². The summed E-state index contributed by atoms with van der Waals surface area (Å²) in [4.78, 5) is 11.8. The van der Waals surface area contributed by atoms with Gasteiger partial charge in [0.1, 0.15) is 5.75 Å². The Morgan fingerprint density at radius 3 is 2.48 bits per heavy atom. The minimum Gasteiger partial charge on any atom is -0.507 e. The number of halogens is 1. The van der Waals surface area contributed by atoms with Gasteiger partial charge < -0.3 is 5.11 Å². The molecule has 2 aromatic carbocycles. The van der Waals surface area contributed by atoms with Gasteiger partial charge in [-0.3, -0.25) is 4.79 Å². The Morgan fingerprint density at radius 2 is 1.76 bits per heavy atom. The molecule has 4 nitrogen and oxygen atoms in total. The smallest absolute Gasteiger partial charge is 0.275 e. The molecule has 2 rings (SSSR count). The van der Waals surface area contributed by atoms with Gasteiger partial charge in [0.05, 0.1) is 11.8 Å². The van der Waals surface area contributed by atoms with E-state index in [4.69, 9.17) is 0 Å². The number of para-hydroxylation sites is 1. The normalized spacial score (nSPS) is 11.6. The second-order valence-corrected chi connectivity index (χ2v) is 5.07. The highest BCUT2D eigenvalue weighted by atomic mass is 79.9. The molecule has 2 N–H and O–H groups in total. The molecule has 0 radical (unpaired) electrons. The number of allylic oxidation sites excluding steroid dienone is 1. The van der Waals surface area contributed by atoms with Gasteiger partial charge in [0, 0.05) is 4.48 Å². The zero-order valence-electron chi connectivity index (χ0n) is 11.0. The predicted octanol–water partition coefficient (Wildman–Crippen LogP) is 3.54. The summed E-state index contributed by atoms with van der Waals surface area (Å²) in [6.07, 6.45) is 3.35.